The zero-order chi connectivity index (χ0) is 24.5. The van der Waals surface area contributed by atoms with Crippen molar-refractivity contribution in [3.63, 3.8) is 0 Å². The van der Waals surface area contributed by atoms with Crippen LogP contribution in [-0.4, -0.2) is 32.7 Å². The fourth-order valence-electron chi connectivity index (χ4n) is 3.65. The van der Waals surface area contributed by atoms with Crippen LogP contribution in [0, 0.1) is 12.7 Å². The van der Waals surface area contributed by atoms with Crippen LogP contribution in [0.2, 0.25) is 0 Å². The Hall–Kier alpha value is -3.24. The topological polar surface area (TPSA) is 95.9 Å². The molecule has 1 unspecified atom stereocenters. The summed E-state index contributed by atoms with van der Waals surface area (Å²) in [6.07, 6.45) is 0.237. The quantitative estimate of drug-likeness (QED) is 0.518. The maximum absolute atomic E-state index is 13.5. The molecule has 0 aromatic heterocycles. The fraction of sp³-hybridized carbons (Fsp3) is 0.208. The summed E-state index contributed by atoms with van der Waals surface area (Å²) in [6, 6.07) is 18.1. The van der Waals surface area contributed by atoms with E-state index >= 15 is 0 Å². The van der Waals surface area contributed by atoms with Gasteiger partial charge in [-0.1, -0.05) is 42.0 Å². The van der Waals surface area contributed by atoms with Gasteiger partial charge in [-0.25, -0.2) is 12.8 Å². The highest BCUT2D eigenvalue weighted by Gasteiger charge is 2.37. The molecule has 0 fully saturated rings. The first-order chi connectivity index (χ1) is 16.1. The van der Waals surface area contributed by atoms with Crippen LogP contribution < -0.4 is 4.72 Å². The number of rotatable bonds is 7. The average Bonchev–Trinajstić information content (AvgIpc) is 3.26. The van der Waals surface area contributed by atoms with Gasteiger partial charge in [0.15, 0.2) is 0 Å². The van der Waals surface area contributed by atoms with Gasteiger partial charge in [-0.15, -0.1) is 0 Å². The molecule has 1 aliphatic rings. The monoisotopic (exact) mass is 501 g/mol. The Labute approximate surface area is 199 Å². The molecule has 0 spiro atoms. The van der Waals surface area contributed by atoms with Crippen LogP contribution >= 0.6 is 0 Å². The largest absolute Gasteiger partial charge is 0.284 e. The SMILES string of the molecule is CCS(=O)(=O)Nc1cccc(C2=NN(S(=O)(=O)c3ccc(C)cc3)C(c3ccc(F)cc3)C2)c1. The molecule has 7 nitrogen and oxygen atoms in total. The summed E-state index contributed by atoms with van der Waals surface area (Å²) in [5.41, 5.74) is 2.94. The number of hydrogen-bond acceptors (Lipinski definition) is 5. The fourth-order valence-corrected chi connectivity index (χ4v) is 5.71. The number of hydrogen-bond donors (Lipinski definition) is 1. The number of nitrogens with one attached hydrogen (secondary N) is 1. The normalized spacial score (nSPS) is 16.4. The lowest BCUT2D eigenvalue weighted by atomic mass is 9.99. The number of benzene rings is 3. The van der Waals surface area contributed by atoms with Gasteiger partial charge in [-0.05, 0) is 61.4 Å². The van der Waals surface area contributed by atoms with Crippen LogP contribution in [-0.2, 0) is 20.0 Å². The Balaban J connectivity index is 1.76. The lowest BCUT2D eigenvalue weighted by Crippen LogP contribution is -2.27. The molecule has 178 valence electrons. The zero-order valence-corrected chi connectivity index (χ0v) is 20.3. The zero-order valence-electron chi connectivity index (χ0n) is 18.6. The molecule has 1 aliphatic heterocycles. The third-order valence-corrected chi connectivity index (χ3v) is 8.54. The van der Waals surface area contributed by atoms with Gasteiger partial charge in [0.05, 0.1) is 22.4 Å². The second-order valence-electron chi connectivity index (χ2n) is 8.00. The second-order valence-corrected chi connectivity index (χ2v) is 11.8. The Morgan fingerprint density at radius 1 is 1.00 bits per heavy atom. The molecular weight excluding hydrogens is 477 g/mol. The highest BCUT2D eigenvalue weighted by Crippen LogP contribution is 2.37. The van der Waals surface area contributed by atoms with Gasteiger partial charge in [0, 0.05) is 12.1 Å². The van der Waals surface area contributed by atoms with E-state index in [2.05, 4.69) is 9.82 Å². The summed E-state index contributed by atoms with van der Waals surface area (Å²) >= 11 is 0. The summed E-state index contributed by atoms with van der Waals surface area (Å²) in [6.45, 7) is 3.40. The summed E-state index contributed by atoms with van der Waals surface area (Å²) in [5.74, 6) is -0.500. The molecule has 0 bridgehead atoms. The molecule has 1 N–H and O–H groups in total. The predicted octanol–water partition coefficient (Wildman–Crippen LogP) is 4.44. The number of hydrazone groups is 1. The van der Waals surface area contributed by atoms with Crippen LogP contribution in [0.1, 0.15) is 36.1 Å². The third kappa shape index (κ3) is 4.97. The van der Waals surface area contributed by atoms with E-state index in [0.717, 1.165) is 9.98 Å². The molecule has 10 heteroatoms. The predicted molar refractivity (Wildman–Crippen MR) is 130 cm³/mol. The van der Waals surface area contributed by atoms with Crippen molar-refractivity contribution in [3.8, 4) is 0 Å². The Morgan fingerprint density at radius 3 is 2.32 bits per heavy atom. The van der Waals surface area contributed by atoms with E-state index in [-0.39, 0.29) is 17.1 Å². The van der Waals surface area contributed by atoms with Crippen molar-refractivity contribution in [2.45, 2.75) is 31.2 Å². The lowest BCUT2D eigenvalue weighted by Gasteiger charge is -2.23. The minimum absolute atomic E-state index is 0.0760. The Bertz CT molecular complexity index is 1440. The molecule has 3 aromatic rings. The van der Waals surface area contributed by atoms with Crippen LogP contribution in [0.3, 0.4) is 0 Å². The number of anilines is 1. The summed E-state index contributed by atoms with van der Waals surface area (Å²) in [5, 5.41) is 4.46. The lowest BCUT2D eigenvalue weighted by molar-refractivity contribution is 0.371. The minimum Gasteiger partial charge on any atom is -0.284 e. The first-order valence-corrected chi connectivity index (χ1v) is 13.7. The maximum atomic E-state index is 13.5. The van der Waals surface area contributed by atoms with Gasteiger partial charge in [0.2, 0.25) is 10.0 Å². The smallest absolute Gasteiger partial charge is 0.279 e. The van der Waals surface area contributed by atoms with E-state index in [1.54, 1.807) is 48.5 Å². The minimum atomic E-state index is -4.01. The van der Waals surface area contributed by atoms with Crippen molar-refractivity contribution in [2.75, 3.05) is 10.5 Å². The van der Waals surface area contributed by atoms with Gasteiger partial charge in [-0.3, -0.25) is 4.72 Å². The van der Waals surface area contributed by atoms with Gasteiger partial charge >= 0.3 is 0 Å². The van der Waals surface area contributed by atoms with E-state index in [9.17, 15) is 21.2 Å². The molecule has 1 atom stereocenters. The van der Waals surface area contributed by atoms with E-state index < -0.39 is 31.9 Å². The number of sulfonamides is 2. The summed E-state index contributed by atoms with van der Waals surface area (Å²) < 4.78 is 68.1. The molecule has 0 amide bonds. The van der Waals surface area contributed by atoms with E-state index in [1.807, 2.05) is 6.92 Å². The number of aryl methyl sites for hydroxylation is 1. The van der Waals surface area contributed by atoms with Crippen LogP contribution in [0.25, 0.3) is 0 Å². The average molecular weight is 502 g/mol. The summed E-state index contributed by atoms with van der Waals surface area (Å²) in [7, 11) is -7.48. The highest BCUT2D eigenvalue weighted by molar-refractivity contribution is 7.92. The molecule has 0 radical (unpaired) electrons. The molecule has 3 aromatic carbocycles. The molecule has 34 heavy (non-hydrogen) atoms. The van der Waals surface area contributed by atoms with Gasteiger partial charge in [-0.2, -0.15) is 17.9 Å². The van der Waals surface area contributed by atoms with Gasteiger partial charge in [0.25, 0.3) is 10.0 Å². The third-order valence-electron chi connectivity index (χ3n) is 5.54. The van der Waals surface area contributed by atoms with Crippen molar-refractivity contribution in [1.29, 1.82) is 0 Å². The number of halogens is 1. The highest BCUT2D eigenvalue weighted by atomic mass is 32.2. The Kier molecular flexibility index (Phi) is 6.46. The van der Waals surface area contributed by atoms with Crippen molar-refractivity contribution < 1.29 is 21.2 Å². The van der Waals surface area contributed by atoms with Crippen LogP contribution in [0.4, 0.5) is 10.1 Å². The molecule has 0 saturated carbocycles. The van der Waals surface area contributed by atoms with E-state index in [0.29, 0.717) is 22.5 Å². The van der Waals surface area contributed by atoms with Crippen molar-refractivity contribution >= 4 is 31.4 Å². The van der Waals surface area contributed by atoms with Crippen molar-refractivity contribution in [1.82, 2.24) is 4.41 Å². The molecular formula is C24H24FN3O4S2. The molecule has 0 aliphatic carbocycles. The molecule has 1 heterocycles. The van der Waals surface area contributed by atoms with Gasteiger partial charge < -0.3 is 0 Å². The maximum Gasteiger partial charge on any atom is 0.279 e. The van der Waals surface area contributed by atoms with E-state index in [1.165, 1.54) is 31.2 Å². The summed E-state index contributed by atoms with van der Waals surface area (Å²) in [4.78, 5) is 0.0969. The first kappa shape index (κ1) is 23.9. The Morgan fingerprint density at radius 2 is 1.68 bits per heavy atom. The van der Waals surface area contributed by atoms with Crippen LogP contribution in [0.5, 0.6) is 0 Å². The van der Waals surface area contributed by atoms with Gasteiger partial charge in [0.1, 0.15) is 5.82 Å². The second kappa shape index (κ2) is 9.19. The molecule has 0 saturated heterocycles. The van der Waals surface area contributed by atoms with Crippen LogP contribution in [0.15, 0.2) is 82.8 Å². The number of nitrogens with zero attached hydrogens (tertiary/aromatic N) is 2. The van der Waals surface area contributed by atoms with E-state index in [4.69, 9.17) is 0 Å². The standard InChI is InChI=1S/C24H24FN3O4S2/c1-3-33(29,30)27-21-6-4-5-19(15-21)23-16-24(18-9-11-20(25)12-10-18)28(26-23)34(31,32)22-13-7-17(2)8-14-22/h4-15,24,27H,3,16H2,1-2H3. The van der Waals surface area contributed by atoms with Crippen molar-refractivity contribution in [3.05, 3.63) is 95.3 Å². The first-order valence-electron chi connectivity index (χ1n) is 10.6. The van der Waals surface area contributed by atoms with Crippen molar-refractivity contribution in [2.24, 2.45) is 5.10 Å². The molecule has 4 rings (SSSR count).